The number of anilines is 3. The molecular weight excluding hydrogens is 775 g/mol. The maximum atomic E-state index is 6.27. The molecule has 0 radical (unpaired) electrons. The van der Waals surface area contributed by atoms with Crippen molar-refractivity contribution in [1.82, 2.24) is 0 Å². The number of fused-ring (bicyclic) bond motifs is 4. The molecular formula is C62H49NO. The van der Waals surface area contributed by atoms with Crippen LogP contribution in [0.25, 0.3) is 77.2 Å². The summed E-state index contributed by atoms with van der Waals surface area (Å²) in [5.41, 5.74) is 16.9. The zero-order valence-corrected chi connectivity index (χ0v) is 36.0. The summed E-state index contributed by atoms with van der Waals surface area (Å²) in [4.78, 5) is 2.38. The molecule has 4 fully saturated rings. The molecule has 0 N–H and O–H groups in total. The molecule has 0 amide bonds. The molecule has 14 rings (SSSR count). The van der Waals surface area contributed by atoms with Crippen molar-refractivity contribution in [3.8, 4) is 44.5 Å². The van der Waals surface area contributed by atoms with Crippen molar-refractivity contribution < 1.29 is 4.42 Å². The first kappa shape index (κ1) is 37.4. The van der Waals surface area contributed by atoms with E-state index in [1.807, 2.05) is 12.1 Å². The van der Waals surface area contributed by atoms with Crippen molar-refractivity contribution >= 4 is 49.8 Å². The molecule has 0 saturated heterocycles. The lowest BCUT2D eigenvalue weighted by molar-refractivity contribution is -0.00518. The van der Waals surface area contributed by atoms with Crippen molar-refractivity contribution in [2.45, 2.75) is 43.9 Å². The SMILES string of the molecule is c1ccc(-c2cccc3cccc(-c4ccc(N(c5ccc(-c6ccc(C78CC9CC(CC(C9)C7)C8)cc6)cc5)c5ccc(-c6ccc7c(c6)oc6ccccc67)cc5)cc4)c23)cc1. The molecule has 4 aliphatic rings. The Bertz CT molecular complexity index is 3280. The highest BCUT2D eigenvalue weighted by molar-refractivity contribution is 6.07. The van der Waals surface area contributed by atoms with E-state index in [0.717, 1.165) is 67.9 Å². The summed E-state index contributed by atoms with van der Waals surface area (Å²) in [6.07, 6.45) is 8.64. The highest BCUT2D eigenvalue weighted by atomic mass is 16.3. The van der Waals surface area contributed by atoms with Gasteiger partial charge in [0.15, 0.2) is 0 Å². The third-order valence-electron chi connectivity index (χ3n) is 15.3. The minimum atomic E-state index is 0.417. The zero-order valence-electron chi connectivity index (χ0n) is 36.0. The Hall–Kier alpha value is -7.16. The smallest absolute Gasteiger partial charge is 0.136 e. The van der Waals surface area contributed by atoms with E-state index in [0.29, 0.717) is 5.41 Å². The zero-order chi connectivity index (χ0) is 42.2. The number of hydrogen-bond acceptors (Lipinski definition) is 2. The molecule has 4 aliphatic carbocycles. The molecule has 1 aromatic heterocycles. The van der Waals surface area contributed by atoms with Gasteiger partial charge in [-0.3, -0.25) is 0 Å². The molecule has 0 unspecified atom stereocenters. The Balaban J connectivity index is 0.852. The van der Waals surface area contributed by atoms with Gasteiger partial charge in [0, 0.05) is 27.8 Å². The quantitative estimate of drug-likeness (QED) is 0.152. The van der Waals surface area contributed by atoms with Crippen LogP contribution in [0.15, 0.2) is 211 Å². The predicted octanol–water partition coefficient (Wildman–Crippen LogP) is 17.3. The maximum absolute atomic E-state index is 6.27. The van der Waals surface area contributed by atoms with E-state index in [4.69, 9.17) is 4.42 Å². The van der Waals surface area contributed by atoms with Gasteiger partial charge in [0.2, 0.25) is 0 Å². The van der Waals surface area contributed by atoms with Crippen LogP contribution in [0.4, 0.5) is 17.1 Å². The van der Waals surface area contributed by atoms with Gasteiger partial charge in [-0.25, -0.2) is 0 Å². The monoisotopic (exact) mass is 823 g/mol. The summed E-state index contributed by atoms with van der Waals surface area (Å²) < 4.78 is 6.27. The number of furan rings is 1. The van der Waals surface area contributed by atoms with E-state index in [1.165, 1.54) is 82.7 Å². The van der Waals surface area contributed by atoms with E-state index < -0.39 is 0 Å². The summed E-state index contributed by atoms with van der Waals surface area (Å²) >= 11 is 0. The summed E-state index contributed by atoms with van der Waals surface area (Å²) in [5, 5.41) is 4.82. The Kier molecular flexibility index (Phi) is 8.76. The third kappa shape index (κ3) is 6.38. The van der Waals surface area contributed by atoms with Gasteiger partial charge in [-0.15, -0.1) is 0 Å². The van der Waals surface area contributed by atoms with Crippen LogP contribution in [-0.4, -0.2) is 0 Å². The van der Waals surface area contributed by atoms with Gasteiger partial charge in [-0.1, -0.05) is 152 Å². The molecule has 64 heavy (non-hydrogen) atoms. The van der Waals surface area contributed by atoms with Crippen LogP contribution in [-0.2, 0) is 5.41 Å². The van der Waals surface area contributed by atoms with Gasteiger partial charge in [0.25, 0.3) is 0 Å². The molecule has 2 nitrogen and oxygen atoms in total. The normalized spacial score (nSPS) is 20.0. The summed E-state index contributed by atoms with van der Waals surface area (Å²) in [6, 6.07) is 75.9. The van der Waals surface area contributed by atoms with Crippen molar-refractivity contribution in [3.63, 3.8) is 0 Å². The second kappa shape index (κ2) is 15.0. The van der Waals surface area contributed by atoms with Gasteiger partial charge >= 0.3 is 0 Å². The first-order chi connectivity index (χ1) is 31.6. The summed E-state index contributed by atoms with van der Waals surface area (Å²) in [7, 11) is 0. The van der Waals surface area contributed by atoms with E-state index in [-0.39, 0.29) is 0 Å². The Morgan fingerprint density at radius 2 is 0.844 bits per heavy atom. The number of hydrogen-bond donors (Lipinski definition) is 0. The number of nitrogens with zero attached hydrogens (tertiary/aromatic N) is 1. The Morgan fingerprint density at radius 3 is 1.44 bits per heavy atom. The molecule has 2 heteroatoms. The molecule has 1 heterocycles. The van der Waals surface area contributed by atoms with Crippen molar-refractivity contribution in [1.29, 1.82) is 0 Å². The largest absolute Gasteiger partial charge is 0.456 e. The maximum Gasteiger partial charge on any atom is 0.136 e. The van der Waals surface area contributed by atoms with Crippen LogP contribution in [0.1, 0.15) is 44.1 Å². The standard InChI is InChI=1S/C62H49NO/c1-2-8-47(9-3-1)55-13-6-10-49-11-7-14-56(61(49)55)48-22-31-54(32-23-48)63(53-29-20-46(21-30-53)50-24-33-58-57-12-4-5-15-59(57)64-60(58)37-50)52-27-18-45(19-28-52)44-16-25-51(26-17-44)62-38-41-34-42(39-62)36-43(35-41)40-62/h1-33,37,41-43H,34-36,38-40H2. The molecule has 9 aromatic carbocycles. The first-order valence-corrected chi connectivity index (χ1v) is 23.3. The van der Waals surface area contributed by atoms with Crippen molar-refractivity contribution in [2.24, 2.45) is 17.8 Å². The fourth-order valence-corrected chi connectivity index (χ4v) is 12.7. The summed E-state index contributed by atoms with van der Waals surface area (Å²) in [6.45, 7) is 0. The van der Waals surface area contributed by atoms with Crippen LogP contribution in [0.5, 0.6) is 0 Å². The van der Waals surface area contributed by atoms with Crippen LogP contribution >= 0.6 is 0 Å². The van der Waals surface area contributed by atoms with Gasteiger partial charge in [0.1, 0.15) is 11.2 Å². The van der Waals surface area contributed by atoms with Gasteiger partial charge in [0.05, 0.1) is 0 Å². The predicted molar refractivity (Wildman–Crippen MR) is 268 cm³/mol. The lowest BCUT2D eigenvalue weighted by Crippen LogP contribution is -2.48. The molecule has 0 aliphatic heterocycles. The van der Waals surface area contributed by atoms with E-state index >= 15 is 0 Å². The topological polar surface area (TPSA) is 16.4 Å². The number of para-hydroxylation sites is 1. The average molecular weight is 824 g/mol. The molecule has 4 saturated carbocycles. The molecule has 308 valence electrons. The fraction of sp³-hybridized carbons (Fsp3) is 0.161. The molecule has 10 aromatic rings. The van der Waals surface area contributed by atoms with E-state index in [9.17, 15) is 0 Å². The Morgan fingerprint density at radius 1 is 0.375 bits per heavy atom. The summed E-state index contributed by atoms with van der Waals surface area (Å²) in [5.74, 6) is 2.85. The third-order valence-corrected chi connectivity index (χ3v) is 15.3. The second-order valence-electron chi connectivity index (χ2n) is 19.1. The number of rotatable bonds is 8. The van der Waals surface area contributed by atoms with E-state index in [1.54, 1.807) is 5.56 Å². The van der Waals surface area contributed by atoms with Gasteiger partial charge in [-0.05, 0) is 177 Å². The average Bonchev–Trinajstić information content (AvgIpc) is 3.72. The molecule has 0 spiro atoms. The fourth-order valence-electron chi connectivity index (χ4n) is 12.7. The molecule has 4 bridgehead atoms. The van der Waals surface area contributed by atoms with Crippen LogP contribution in [0.2, 0.25) is 0 Å². The van der Waals surface area contributed by atoms with Gasteiger partial charge in [-0.2, -0.15) is 0 Å². The van der Waals surface area contributed by atoms with Crippen LogP contribution < -0.4 is 4.90 Å². The van der Waals surface area contributed by atoms with Gasteiger partial charge < -0.3 is 9.32 Å². The van der Waals surface area contributed by atoms with Crippen LogP contribution in [0, 0.1) is 17.8 Å². The lowest BCUT2D eigenvalue weighted by Gasteiger charge is -2.57. The minimum Gasteiger partial charge on any atom is -0.456 e. The van der Waals surface area contributed by atoms with Crippen molar-refractivity contribution in [2.75, 3.05) is 4.90 Å². The number of benzene rings is 9. The van der Waals surface area contributed by atoms with Crippen LogP contribution in [0.3, 0.4) is 0 Å². The van der Waals surface area contributed by atoms with E-state index in [2.05, 4.69) is 199 Å². The minimum absolute atomic E-state index is 0.417. The lowest BCUT2D eigenvalue weighted by atomic mass is 9.48. The van der Waals surface area contributed by atoms with Crippen molar-refractivity contribution in [3.05, 3.63) is 212 Å². The first-order valence-electron chi connectivity index (χ1n) is 23.3. The Labute approximate surface area is 375 Å². The highest BCUT2D eigenvalue weighted by Crippen LogP contribution is 2.61. The highest BCUT2D eigenvalue weighted by Gasteiger charge is 2.51. The molecule has 0 atom stereocenters. The second-order valence-corrected chi connectivity index (χ2v) is 19.1.